The molecule has 1 aromatic rings. The zero-order valence-electron chi connectivity index (χ0n) is 16.9. The highest BCUT2D eigenvalue weighted by molar-refractivity contribution is 5.71. The Kier molecular flexibility index (Phi) is 6.36. The number of hydrogen-bond donors (Lipinski definition) is 1. The van der Waals surface area contributed by atoms with Crippen LogP contribution < -0.4 is 5.32 Å². The van der Waals surface area contributed by atoms with Crippen molar-refractivity contribution in [2.45, 2.75) is 71.6 Å². The lowest BCUT2D eigenvalue weighted by molar-refractivity contribution is -0.0634. The summed E-state index contributed by atoms with van der Waals surface area (Å²) >= 11 is 0. The van der Waals surface area contributed by atoms with E-state index in [2.05, 4.69) is 5.32 Å². The third-order valence-electron chi connectivity index (χ3n) is 4.24. The van der Waals surface area contributed by atoms with Crippen LogP contribution in [-0.2, 0) is 20.8 Å². The molecule has 0 bridgehead atoms. The molecule has 150 valence electrons. The van der Waals surface area contributed by atoms with E-state index in [0.717, 1.165) is 5.56 Å². The molecule has 1 heterocycles. The van der Waals surface area contributed by atoms with Crippen LogP contribution in [0.2, 0.25) is 0 Å². The third-order valence-corrected chi connectivity index (χ3v) is 4.24. The Morgan fingerprint density at radius 2 is 1.93 bits per heavy atom. The van der Waals surface area contributed by atoms with Gasteiger partial charge >= 0.3 is 12.2 Å². The number of amides is 2. The molecule has 7 nitrogen and oxygen atoms in total. The van der Waals surface area contributed by atoms with Crippen LogP contribution in [0.25, 0.3) is 0 Å². The van der Waals surface area contributed by atoms with E-state index in [0.29, 0.717) is 6.61 Å². The van der Waals surface area contributed by atoms with E-state index in [9.17, 15) is 9.59 Å². The third kappa shape index (κ3) is 5.85. The molecule has 1 aromatic carbocycles. The van der Waals surface area contributed by atoms with Crippen molar-refractivity contribution in [2.75, 3.05) is 6.61 Å². The predicted molar refractivity (Wildman–Crippen MR) is 101 cm³/mol. The number of alkyl carbamates (subject to hydrolysis) is 1. The summed E-state index contributed by atoms with van der Waals surface area (Å²) in [4.78, 5) is 26.4. The van der Waals surface area contributed by atoms with Gasteiger partial charge < -0.3 is 19.5 Å². The number of benzene rings is 1. The molecule has 2 rings (SSSR count). The van der Waals surface area contributed by atoms with Gasteiger partial charge in [-0.3, -0.25) is 4.90 Å². The van der Waals surface area contributed by atoms with Crippen molar-refractivity contribution < 1.29 is 23.8 Å². The minimum atomic E-state index is -0.823. The monoisotopic (exact) mass is 378 g/mol. The van der Waals surface area contributed by atoms with Crippen LogP contribution in [0.1, 0.15) is 47.1 Å². The Bertz CT molecular complexity index is 654. The molecule has 0 spiro atoms. The maximum atomic E-state index is 12.7. The molecular weight excluding hydrogens is 348 g/mol. The van der Waals surface area contributed by atoms with Crippen molar-refractivity contribution in [1.82, 2.24) is 10.2 Å². The van der Waals surface area contributed by atoms with E-state index in [-0.39, 0.29) is 18.7 Å². The van der Waals surface area contributed by atoms with Gasteiger partial charge in [0.15, 0.2) is 0 Å². The average molecular weight is 378 g/mol. The number of rotatable bonds is 4. The first-order chi connectivity index (χ1) is 12.5. The zero-order chi connectivity index (χ0) is 20.2. The number of carbonyl (C=O) groups excluding carboxylic acids is 2. The summed E-state index contributed by atoms with van der Waals surface area (Å²) in [5.74, 6) is 0. The summed E-state index contributed by atoms with van der Waals surface area (Å²) in [5.41, 5.74) is -0.538. The molecule has 0 aromatic heterocycles. The van der Waals surface area contributed by atoms with Gasteiger partial charge in [-0.05, 0) is 47.1 Å². The number of ether oxygens (including phenoxy) is 3. The molecule has 1 aliphatic heterocycles. The van der Waals surface area contributed by atoms with Gasteiger partial charge in [0.2, 0.25) is 0 Å². The highest BCUT2D eigenvalue weighted by atomic mass is 16.6. The summed E-state index contributed by atoms with van der Waals surface area (Å²) in [7, 11) is 0. The lowest BCUT2D eigenvalue weighted by Crippen LogP contribution is -2.56. The van der Waals surface area contributed by atoms with Crippen LogP contribution in [0.15, 0.2) is 30.3 Å². The summed E-state index contributed by atoms with van der Waals surface area (Å²) in [5, 5.41) is 2.79. The summed E-state index contributed by atoms with van der Waals surface area (Å²) in [6, 6.07) is 8.70. The van der Waals surface area contributed by atoms with Gasteiger partial charge in [0.1, 0.15) is 17.9 Å². The minimum Gasteiger partial charge on any atom is -0.445 e. The topological polar surface area (TPSA) is 77.1 Å². The average Bonchev–Trinajstić information content (AvgIpc) is 2.88. The Morgan fingerprint density at radius 3 is 2.52 bits per heavy atom. The van der Waals surface area contributed by atoms with E-state index in [1.165, 1.54) is 0 Å². The molecule has 0 saturated carbocycles. The lowest BCUT2D eigenvalue weighted by atomic mass is 10.1. The van der Waals surface area contributed by atoms with Gasteiger partial charge in [0.05, 0.1) is 18.7 Å². The Balaban J connectivity index is 1.97. The largest absolute Gasteiger partial charge is 0.445 e. The Labute approximate surface area is 161 Å². The van der Waals surface area contributed by atoms with Crippen molar-refractivity contribution in [3.63, 3.8) is 0 Å². The minimum absolute atomic E-state index is 0.182. The first kappa shape index (κ1) is 21.0. The maximum Gasteiger partial charge on any atom is 0.412 e. The second-order valence-corrected chi connectivity index (χ2v) is 8.17. The van der Waals surface area contributed by atoms with Crippen LogP contribution in [-0.4, -0.2) is 47.1 Å². The van der Waals surface area contributed by atoms with Crippen LogP contribution in [0.4, 0.5) is 9.59 Å². The second-order valence-electron chi connectivity index (χ2n) is 8.17. The van der Waals surface area contributed by atoms with Crippen molar-refractivity contribution >= 4 is 12.2 Å². The van der Waals surface area contributed by atoms with Crippen LogP contribution in [0.5, 0.6) is 0 Å². The second kappa shape index (κ2) is 8.17. The number of nitrogens with zero attached hydrogens (tertiary/aromatic N) is 1. The molecule has 7 heteroatoms. The van der Waals surface area contributed by atoms with E-state index >= 15 is 0 Å². The molecule has 2 atom stereocenters. The van der Waals surface area contributed by atoms with Crippen molar-refractivity contribution in [2.24, 2.45) is 0 Å². The molecule has 1 saturated heterocycles. The fraction of sp³-hybridized carbons (Fsp3) is 0.600. The summed E-state index contributed by atoms with van der Waals surface area (Å²) in [6.45, 7) is 11.3. The zero-order valence-corrected chi connectivity index (χ0v) is 16.9. The normalized spacial score (nSPS) is 20.1. The SMILES string of the molecule is C[C@H](NC(=O)OCc1ccccc1)[C@@H]1COC(C)(C)N1C(=O)OC(C)(C)C. The molecule has 27 heavy (non-hydrogen) atoms. The van der Waals surface area contributed by atoms with Gasteiger partial charge in [-0.15, -0.1) is 0 Å². The van der Waals surface area contributed by atoms with E-state index in [4.69, 9.17) is 14.2 Å². The number of hydrogen-bond acceptors (Lipinski definition) is 5. The lowest BCUT2D eigenvalue weighted by Gasteiger charge is -2.36. The van der Waals surface area contributed by atoms with Crippen molar-refractivity contribution in [3.8, 4) is 0 Å². The molecule has 0 unspecified atom stereocenters. The molecule has 1 fully saturated rings. The van der Waals surface area contributed by atoms with Crippen molar-refractivity contribution in [1.29, 1.82) is 0 Å². The maximum absolute atomic E-state index is 12.7. The predicted octanol–water partition coefficient (Wildman–Crippen LogP) is 3.67. The fourth-order valence-electron chi connectivity index (χ4n) is 2.91. The molecular formula is C20H30N2O5. The van der Waals surface area contributed by atoms with E-state index < -0.39 is 23.5 Å². The summed E-state index contributed by atoms with van der Waals surface area (Å²) in [6.07, 6.45) is -1.01. The van der Waals surface area contributed by atoms with E-state index in [1.807, 2.05) is 58.0 Å². The van der Waals surface area contributed by atoms with Gasteiger partial charge in [0.25, 0.3) is 0 Å². The molecule has 0 radical (unpaired) electrons. The van der Waals surface area contributed by atoms with Gasteiger partial charge in [-0.2, -0.15) is 0 Å². The number of nitrogens with one attached hydrogen (secondary N) is 1. The first-order valence-corrected chi connectivity index (χ1v) is 9.13. The molecule has 1 N–H and O–H groups in total. The van der Waals surface area contributed by atoms with Crippen LogP contribution in [0, 0.1) is 0 Å². The van der Waals surface area contributed by atoms with Gasteiger partial charge in [-0.1, -0.05) is 30.3 Å². The van der Waals surface area contributed by atoms with Gasteiger partial charge in [0, 0.05) is 0 Å². The van der Waals surface area contributed by atoms with Gasteiger partial charge in [-0.25, -0.2) is 9.59 Å². The Morgan fingerprint density at radius 1 is 1.30 bits per heavy atom. The van der Waals surface area contributed by atoms with Crippen LogP contribution >= 0.6 is 0 Å². The molecule has 0 aliphatic carbocycles. The standard InChI is InChI=1S/C20H30N2O5/c1-14(21-17(23)25-12-15-10-8-7-9-11-15)16-13-26-20(5,6)22(16)18(24)27-19(2,3)4/h7-11,14,16H,12-13H2,1-6H3,(H,21,23)/t14-,16-/m0/s1. The fourth-order valence-corrected chi connectivity index (χ4v) is 2.91. The quantitative estimate of drug-likeness (QED) is 0.865. The number of carbonyl (C=O) groups is 2. The molecule has 2 amide bonds. The highest BCUT2D eigenvalue weighted by Crippen LogP contribution is 2.30. The Hall–Kier alpha value is -2.28. The molecule has 1 aliphatic rings. The first-order valence-electron chi connectivity index (χ1n) is 9.13. The highest BCUT2D eigenvalue weighted by Gasteiger charge is 2.48. The summed E-state index contributed by atoms with van der Waals surface area (Å²) < 4.78 is 16.5. The van der Waals surface area contributed by atoms with E-state index in [1.54, 1.807) is 18.7 Å². The van der Waals surface area contributed by atoms with Crippen LogP contribution in [0.3, 0.4) is 0 Å². The smallest absolute Gasteiger partial charge is 0.412 e. The van der Waals surface area contributed by atoms with Crippen molar-refractivity contribution in [3.05, 3.63) is 35.9 Å².